The van der Waals surface area contributed by atoms with Crippen LogP contribution in [0.2, 0.25) is 0 Å². The van der Waals surface area contributed by atoms with Crippen LogP contribution in [-0.2, 0) is 11.2 Å². The van der Waals surface area contributed by atoms with Crippen molar-refractivity contribution >= 4 is 34.8 Å². The van der Waals surface area contributed by atoms with Crippen molar-refractivity contribution in [1.82, 2.24) is 4.98 Å². The van der Waals surface area contributed by atoms with Crippen LogP contribution < -0.4 is 11.1 Å². The van der Waals surface area contributed by atoms with Crippen molar-refractivity contribution in [3.8, 4) is 0 Å². The third kappa shape index (κ3) is 4.43. The normalized spacial score (nSPS) is 17.3. The van der Waals surface area contributed by atoms with E-state index >= 15 is 0 Å². The van der Waals surface area contributed by atoms with Crippen LogP contribution in [0.4, 0.5) is 5.13 Å². The molecule has 1 aromatic rings. The van der Waals surface area contributed by atoms with E-state index in [1.165, 1.54) is 24.1 Å². The molecule has 0 aliphatic heterocycles. The highest BCUT2D eigenvalue weighted by Crippen LogP contribution is 2.38. The van der Waals surface area contributed by atoms with Crippen molar-refractivity contribution < 1.29 is 4.79 Å². The Labute approximate surface area is 131 Å². The third-order valence-electron chi connectivity index (χ3n) is 4.03. The van der Waals surface area contributed by atoms with Gasteiger partial charge >= 0.3 is 0 Å². The molecule has 0 unspecified atom stereocenters. The Balaban J connectivity index is 0.00000200. The lowest BCUT2D eigenvalue weighted by Gasteiger charge is -2.35. The molecule has 1 heterocycles. The molecule has 3 N–H and O–H groups in total. The van der Waals surface area contributed by atoms with Crippen LogP contribution in [0.5, 0.6) is 0 Å². The van der Waals surface area contributed by atoms with Gasteiger partial charge in [0.05, 0.1) is 0 Å². The van der Waals surface area contributed by atoms with Gasteiger partial charge < -0.3 is 11.1 Å². The minimum atomic E-state index is 0. The SMILES string of the molecule is CCc1cnc(NC(=O)CC2(CN)CCCCC2)s1.Cl. The molecule has 6 heteroatoms. The van der Waals surface area contributed by atoms with Crippen LogP contribution in [0.25, 0.3) is 0 Å². The maximum absolute atomic E-state index is 12.1. The molecule has 0 bridgehead atoms. The number of nitrogens with one attached hydrogen (secondary N) is 1. The zero-order valence-corrected chi connectivity index (χ0v) is 13.6. The van der Waals surface area contributed by atoms with Gasteiger partial charge in [0.15, 0.2) is 5.13 Å². The number of aromatic nitrogens is 1. The number of halogens is 1. The van der Waals surface area contributed by atoms with Gasteiger partial charge in [-0.25, -0.2) is 4.98 Å². The average molecular weight is 318 g/mol. The summed E-state index contributed by atoms with van der Waals surface area (Å²) in [6.07, 6.45) is 9.15. The van der Waals surface area contributed by atoms with Gasteiger partial charge in [-0.3, -0.25) is 4.79 Å². The van der Waals surface area contributed by atoms with E-state index in [1.54, 1.807) is 11.3 Å². The number of hydrogen-bond donors (Lipinski definition) is 2. The number of nitrogens with two attached hydrogens (primary N) is 1. The molecule has 0 atom stereocenters. The van der Waals surface area contributed by atoms with Gasteiger partial charge in [-0.2, -0.15) is 0 Å². The molecular formula is C14H24ClN3OS. The van der Waals surface area contributed by atoms with Gasteiger partial charge in [-0.15, -0.1) is 23.7 Å². The number of rotatable bonds is 5. The molecule has 1 aliphatic carbocycles. The lowest BCUT2D eigenvalue weighted by molar-refractivity contribution is -0.118. The highest BCUT2D eigenvalue weighted by atomic mass is 35.5. The lowest BCUT2D eigenvalue weighted by Crippen LogP contribution is -2.36. The van der Waals surface area contributed by atoms with Crippen LogP contribution in [0.3, 0.4) is 0 Å². The molecule has 114 valence electrons. The van der Waals surface area contributed by atoms with Crippen LogP contribution in [0.15, 0.2) is 6.20 Å². The van der Waals surface area contributed by atoms with Crippen molar-refractivity contribution in [3.05, 3.63) is 11.1 Å². The van der Waals surface area contributed by atoms with Gasteiger partial charge in [0.1, 0.15) is 0 Å². The molecule has 1 aliphatic rings. The Morgan fingerprint density at radius 2 is 2.15 bits per heavy atom. The second-order valence-corrected chi connectivity index (χ2v) is 6.59. The first-order valence-electron chi connectivity index (χ1n) is 7.12. The minimum absolute atomic E-state index is 0. The largest absolute Gasteiger partial charge is 0.330 e. The van der Waals surface area contributed by atoms with E-state index in [1.807, 2.05) is 6.20 Å². The van der Waals surface area contributed by atoms with Crippen molar-refractivity contribution in [1.29, 1.82) is 0 Å². The molecule has 20 heavy (non-hydrogen) atoms. The van der Waals surface area contributed by atoms with Gasteiger partial charge in [0.25, 0.3) is 0 Å². The molecule has 1 fully saturated rings. The highest BCUT2D eigenvalue weighted by Gasteiger charge is 2.33. The first kappa shape index (κ1) is 17.4. The Morgan fingerprint density at radius 1 is 1.45 bits per heavy atom. The van der Waals surface area contributed by atoms with Crippen molar-refractivity contribution in [2.45, 2.75) is 51.9 Å². The quantitative estimate of drug-likeness (QED) is 0.875. The maximum Gasteiger partial charge on any atom is 0.226 e. The second-order valence-electron chi connectivity index (χ2n) is 5.48. The molecule has 1 saturated carbocycles. The van der Waals surface area contributed by atoms with Crippen molar-refractivity contribution in [2.24, 2.45) is 11.1 Å². The van der Waals surface area contributed by atoms with E-state index in [4.69, 9.17) is 5.73 Å². The summed E-state index contributed by atoms with van der Waals surface area (Å²) < 4.78 is 0. The van der Waals surface area contributed by atoms with E-state index in [0.29, 0.717) is 18.1 Å². The fraction of sp³-hybridized carbons (Fsp3) is 0.714. The Bertz CT molecular complexity index is 430. The number of amides is 1. The zero-order chi connectivity index (χ0) is 13.7. The van der Waals surface area contributed by atoms with Gasteiger partial charge in [0.2, 0.25) is 5.91 Å². The molecule has 0 aromatic carbocycles. The average Bonchev–Trinajstić information content (AvgIpc) is 2.87. The van der Waals surface area contributed by atoms with Crippen LogP contribution in [0.1, 0.15) is 50.3 Å². The van der Waals surface area contributed by atoms with Crippen LogP contribution in [0, 0.1) is 5.41 Å². The van der Waals surface area contributed by atoms with E-state index in [2.05, 4.69) is 17.2 Å². The third-order valence-corrected chi connectivity index (χ3v) is 5.09. The summed E-state index contributed by atoms with van der Waals surface area (Å²) in [7, 11) is 0. The summed E-state index contributed by atoms with van der Waals surface area (Å²) >= 11 is 1.56. The number of carbonyl (C=O) groups is 1. The summed E-state index contributed by atoms with van der Waals surface area (Å²) in [6, 6.07) is 0. The fourth-order valence-corrected chi connectivity index (χ4v) is 3.56. The number of aryl methyl sites for hydroxylation is 1. The number of thiazole rings is 1. The topological polar surface area (TPSA) is 68.0 Å². The molecule has 1 aromatic heterocycles. The predicted octanol–water partition coefficient (Wildman–Crippen LogP) is 3.37. The van der Waals surface area contributed by atoms with E-state index < -0.39 is 0 Å². The molecular weight excluding hydrogens is 294 g/mol. The second kappa shape index (κ2) is 7.96. The number of nitrogens with zero attached hydrogens (tertiary/aromatic N) is 1. The zero-order valence-electron chi connectivity index (χ0n) is 12.0. The number of carbonyl (C=O) groups excluding carboxylic acids is 1. The molecule has 0 radical (unpaired) electrons. The van der Waals surface area contributed by atoms with Crippen LogP contribution >= 0.6 is 23.7 Å². The predicted molar refractivity (Wildman–Crippen MR) is 86.6 cm³/mol. The van der Waals surface area contributed by atoms with Crippen molar-refractivity contribution in [3.63, 3.8) is 0 Å². The van der Waals surface area contributed by atoms with E-state index in [0.717, 1.165) is 19.3 Å². The fourth-order valence-electron chi connectivity index (χ4n) is 2.79. The first-order valence-corrected chi connectivity index (χ1v) is 7.94. The molecule has 0 saturated heterocycles. The smallest absolute Gasteiger partial charge is 0.226 e. The molecule has 4 nitrogen and oxygen atoms in total. The van der Waals surface area contributed by atoms with Gasteiger partial charge in [0, 0.05) is 17.5 Å². The summed E-state index contributed by atoms with van der Waals surface area (Å²) in [6.45, 7) is 2.70. The first-order chi connectivity index (χ1) is 9.17. The Hall–Kier alpha value is -0.650. The van der Waals surface area contributed by atoms with E-state index in [9.17, 15) is 4.79 Å². The highest BCUT2D eigenvalue weighted by molar-refractivity contribution is 7.15. The number of hydrogen-bond acceptors (Lipinski definition) is 4. The lowest BCUT2D eigenvalue weighted by atomic mass is 9.72. The van der Waals surface area contributed by atoms with E-state index in [-0.39, 0.29) is 23.7 Å². The summed E-state index contributed by atoms with van der Waals surface area (Å²) in [5.41, 5.74) is 5.93. The molecule has 0 spiro atoms. The van der Waals surface area contributed by atoms with Crippen LogP contribution in [-0.4, -0.2) is 17.4 Å². The molecule has 2 rings (SSSR count). The maximum atomic E-state index is 12.1. The Morgan fingerprint density at radius 3 is 2.70 bits per heavy atom. The number of anilines is 1. The van der Waals surface area contributed by atoms with Gasteiger partial charge in [-0.1, -0.05) is 26.2 Å². The summed E-state index contributed by atoms with van der Waals surface area (Å²) in [5, 5.41) is 3.63. The molecule has 1 amide bonds. The standard InChI is InChI=1S/C14H23N3OS.ClH/c1-2-11-9-16-13(19-11)17-12(18)8-14(10-15)6-4-3-5-7-14;/h9H,2-8,10,15H2,1H3,(H,16,17,18);1H. The monoisotopic (exact) mass is 317 g/mol. The summed E-state index contributed by atoms with van der Waals surface area (Å²) in [5.74, 6) is 0.0596. The van der Waals surface area contributed by atoms with Gasteiger partial charge in [-0.05, 0) is 31.2 Å². The van der Waals surface area contributed by atoms with Crippen molar-refractivity contribution in [2.75, 3.05) is 11.9 Å². The Kier molecular flexibility index (Phi) is 6.92. The minimum Gasteiger partial charge on any atom is -0.330 e. The summed E-state index contributed by atoms with van der Waals surface area (Å²) in [4.78, 5) is 17.6.